The summed E-state index contributed by atoms with van der Waals surface area (Å²) in [4.78, 5) is 0. The molecule has 0 N–H and O–H groups in total. The SMILES string of the molecule is CC1(CCOC=C2CCCCC2)CS1=O. The standard InChI is InChI=1S/C12H20O2S/c1-12(10-15(12)13)7-8-14-9-11-5-3-2-4-6-11/h9H,2-8,10H2,1H3. The molecule has 0 aromatic carbocycles. The first-order valence-electron chi connectivity index (χ1n) is 5.89. The average molecular weight is 228 g/mol. The fourth-order valence-electron chi connectivity index (χ4n) is 2.01. The molecule has 2 aliphatic rings. The van der Waals surface area contributed by atoms with Crippen LogP contribution in [0.4, 0.5) is 0 Å². The van der Waals surface area contributed by atoms with E-state index in [2.05, 4.69) is 6.92 Å². The van der Waals surface area contributed by atoms with Crippen molar-refractivity contribution in [3.05, 3.63) is 11.8 Å². The van der Waals surface area contributed by atoms with Crippen LogP contribution in [0.5, 0.6) is 0 Å². The lowest BCUT2D eigenvalue weighted by Crippen LogP contribution is -2.08. The summed E-state index contributed by atoms with van der Waals surface area (Å²) >= 11 is 0. The average Bonchev–Trinajstić information content (AvgIpc) is 2.84. The van der Waals surface area contributed by atoms with Crippen molar-refractivity contribution in [1.82, 2.24) is 0 Å². The molecule has 2 atom stereocenters. The van der Waals surface area contributed by atoms with Crippen molar-refractivity contribution in [2.75, 3.05) is 12.4 Å². The van der Waals surface area contributed by atoms with Crippen LogP contribution in [0.15, 0.2) is 11.8 Å². The van der Waals surface area contributed by atoms with Gasteiger partial charge in [-0.15, -0.1) is 0 Å². The van der Waals surface area contributed by atoms with Gasteiger partial charge in [-0.1, -0.05) is 6.42 Å². The summed E-state index contributed by atoms with van der Waals surface area (Å²) in [6.45, 7) is 2.81. The third-order valence-electron chi connectivity index (χ3n) is 3.39. The number of rotatable bonds is 4. The maximum absolute atomic E-state index is 11.1. The zero-order chi connectivity index (χ0) is 10.7. The number of hydrogen-bond acceptors (Lipinski definition) is 2. The predicted octanol–water partition coefficient (Wildman–Crippen LogP) is 2.76. The maximum atomic E-state index is 11.1. The van der Waals surface area contributed by atoms with E-state index in [0.29, 0.717) is 0 Å². The lowest BCUT2D eigenvalue weighted by Gasteiger charge is -2.13. The Morgan fingerprint density at radius 2 is 2.07 bits per heavy atom. The largest absolute Gasteiger partial charge is 0.501 e. The molecule has 1 saturated carbocycles. The molecule has 0 bridgehead atoms. The maximum Gasteiger partial charge on any atom is 0.0887 e. The molecule has 15 heavy (non-hydrogen) atoms. The van der Waals surface area contributed by atoms with Gasteiger partial charge in [0.15, 0.2) is 0 Å². The molecule has 0 aromatic rings. The molecule has 1 heterocycles. The summed E-state index contributed by atoms with van der Waals surface area (Å²) in [5, 5.41) is 0. The van der Waals surface area contributed by atoms with Crippen molar-refractivity contribution in [3.63, 3.8) is 0 Å². The zero-order valence-corrected chi connectivity index (χ0v) is 10.3. The van der Waals surface area contributed by atoms with Crippen LogP contribution < -0.4 is 0 Å². The van der Waals surface area contributed by atoms with Gasteiger partial charge in [-0.3, -0.25) is 4.21 Å². The topological polar surface area (TPSA) is 26.3 Å². The monoisotopic (exact) mass is 228 g/mol. The highest BCUT2D eigenvalue weighted by Crippen LogP contribution is 2.34. The highest BCUT2D eigenvalue weighted by atomic mass is 32.2. The van der Waals surface area contributed by atoms with Crippen molar-refractivity contribution in [3.8, 4) is 0 Å². The van der Waals surface area contributed by atoms with Crippen LogP contribution in [0.25, 0.3) is 0 Å². The van der Waals surface area contributed by atoms with E-state index in [9.17, 15) is 4.21 Å². The Morgan fingerprint density at radius 3 is 2.67 bits per heavy atom. The van der Waals surface area contributed by atoms with Crippen molar-refractivity contribution >= 4 is 10.8 Å². The van der Waals surface area contributed by atoms with Gasteiger partial charge in [0.25, 0.3) is 0 Å². The van der Waals surface area contributed by atoms with E-state index in [0.717, 1.165) is 18.8 Å². The molecule has 0 radical (unpaired) electrons. The molecule has 0 aromatic heterocycles. The van der Waals surface area contributed by atoms with Crippen LogP contribution in [0, 0.1) is 0 Å². The highest BCUT2D eigenvalue weighted by Gasteiger charge is 2.47. The van der Waals surface area contributed by atoms with E-state index in [-0.39, 0.29) is 4.75 Å². The highest BCUT2D eigenvalue weighted by molar-refractivity contribution is 7.94. The third-order valence-corrected chi connectivity index (χ3v) is 5.39. The minimum atomic E-state index is -0.573. The number of ether oxygens (including phenoxy) is 1. The second-order valence-corrected chi connectivity index (χ2v) is 6.86. The van der Waals surface area contributed by atoms with Crippen molar-refractivity contribution in [2.45, 2.75) is 50.2 Å². The normalized spacial score (nSPS) is 35.0. The molecule has 2 rings (SSSR count). The first-order valence-corrected chi connectivity index (χ1v) is 7.21. The molecule has 3 heteroatoms. The van der Waals surface area contributed by atoms with E-state index in [1.807, 2.05) is 6.26 Å². The Kier molecular flexibility index (Phi) is 3.49. The Morgan fingerprint density at radius 1 is 1.40 bits per heavy atom. The molecule has 2 unspecified atom stereocenters. The number of hydrogen-bond donors (Lipinski definition) is 0. The zero-order valence-electron chi connectivity index (χ0n) is 9.46. The minimum absolute atomic E-state index is 0.0745. The second-order valence-electron chi connectivity index (χ2n) is 4.90. The van der Waals surface area contributed by atoms with Crippen molar-refractivity contribution in [2.24, 2.45) is 0 Å². The summed E-state index contributed by atoms with van der Waals surface area (Å²) in [6, 6.07) is 0. The molecule has 1 aliphatic heterocycles. The smallest absolute Gasteiger partial charge is 0.0887 e. The van der Waals surface area contributed by atoms with Gasteiger partial charge >= 0.3 is 0 Å². The Hall–Kier alpha value is -0.310. The molecule has 0 amide bonds. The van der Waals surface area contributed by atoms with E-state index in [4.69, 9.17) is 4.74 Å². The summed E-state index contributed by atoms with van der Waals surface area (Å²) < 4.78 is 16.8. The molecule has 2 fully saturated rings. The summed E-state index contributed by atoms with van der Waals surface area (Å²) in [5.74, 6) is 0.868. The molecule has 1 aliphatic carbocycles. The van der Waals surface area contributed by atoms with Crippen LogP contribution in [-0.4, -0.2) is 21.3 Å². The van der Waals surface area contributed by atoms with Gasteiger partial charge in [-0.05, 0) is 44.6 Å². The van der Waals surface area contributed by atoms with Gasteiger partial charge in [0.05, 0.1) is 17.6 Å². The van der Waals surface area contributed by atoms with Crippen molar-refractivity contribution in [1.29, 1.82) is 0 Å². The van der Waals surface area contributed by atoms with Crippen LogP contribution in [0.2, 0.25) is 0 Å². The Bertz CT molecular complexity index is 277. The van der Waals surface area contributed by atoms with E-state index < -0.39 is 10.8 Å². The van der Waals surface area contributed by atoms with Crippen molar-refractivity contribution < 1.29 is 8.95 Å². The molecule has 0 spiro atoms. The van der Waals surface area contributed by atoms with Gasteiger partial charge < -0.3 is 4.74 Å². The van der Waals surface area contributed by atoms with Gasteiger partial charge in [0, 0.05) is 16.6 Å². The van der Waals surface area contributed by atoms with E-state index >= 15 is 0 Å². The number of allylic oxidation sites excluding steroid dienone is 1. The Balaban J connectivity index is 1.64. The van der Waals surface area contributed by atoms with Gasteiger partial charge in [-0.25, -0.2) is 0 Å². The summed E-state index contributed by atoms with van der Waals surface area (Å²) in [5.41, 5.74) is 1.46. The first kappa shape index (κ1) is 11.2. The van der Waals surface area contributed by atoms with Crippen LogP contribution in [0.3, 0.4) is 0 Å². The molecule has 1 saturated heterocycles. The third kappa shape index (κ3) is 3.07. The van der Waals surface area contributed by atoms with Crippen LogP contribution in [-0.2, 0) is 15.5 Å². The predicted molar refractivity (Wildman–Crippen MR) is 63.2 cm³/mol. The van der Waals surface area contributed by atoms with E-state index in [1.165, 1.54) is 37.7 Å². The molecular formula is C12H20O2S. The van der Waals surface area contributed by atoms with Gasteiger partial charge in [-0.2, -0.15) is 0 Å². The second kappa shape index (κ2) is 4.69. The summed E-state index contributed by atoms with van der Waals surface area (Å²) in [6.07, 6.45) is 9.31. The van der Waals surface area contributed by atoms with Crippen LogP contribution in [0.1, 0.15) is 45.4 Å². The van der Waals surface area contributed by atoms with E-state index in [1.54, 1.807) is 0 Å². The molecule has 2 nitrogen and oxygen atoms in total. The Labute approximate surface area is 94.5 Å². The lowest BCUT2D eigenvalue weighted by atomic mass is 9.96. The fourth-order valence-corrected chi connectivity index (χ4v) is 3.10. The molecule has 86 valence electrons. The quantitative estimate of drug-likeness (QED) is 0.420. The van der Waals surface area contributed by atoms with Gasteiger partial charge in [0.2, 0.25) is 0 Å². The minimum Gasteiger partial charge on any atom is -0.501 e. The summed E-state index contributed by atoms with van der Waals surface area (Å²) in [7, 11) is -0.573. The van der Waals surface area contributed by atoms with Crippen LogP contribution >= 0.6 is 0 Å². The first-order chi connectivity index (χ1) is 7.21. The van der Waals surface area contributed by atoms with Gasteiger partial charge in [0.1, 0.15) is 0 Å². The fraction of sp³-hybridized carbons (Fsp3) is 0.833. The lowest BCUT2D eigenvalue weighted by molar-refractivity contribution is 0.233. The molecular weight excluding hydrogens is 208 g/mol.